The highest BCUT2D eigenvalue weighted by atomic mass is 31.2. The van der Waals surface area contributed by atoms with Gasteiger partial charge < -0.3 is 33.8 Å². The van der Waals surface area contributed by atoms with Gasteiger partial charge in [-0.15, -0.1) is 0 Å². The quantitative estimate of drug-likeness (QED) is 0.0222. The maximum absolute atomic E-state index is 13.1. The Morgan fingerprint density at radius 1 is 0.262 bits per heavy atom. The Balaban J connectivity index is 5.24. The fourth-order valence-corrected chi connectivity index (χ4v) is 14.6. The van der Waals surface area contributed by atoms with Gasteiger partial charge in [0.2, 0.25) is 0 Å². The Hall–Kier alpha value is -1.94. The van der Waals surface area contributed by atoms with E-state index in [-0.39, 0.29) is 25.7 Å². The molecule has 0 aliphatic heterocycles. The van der Waals surface area contributed by atoms with E-state index in [1.165, 1.54) is 263 Å². The summed E-state index contributed by atoms with van der Waals surface area (Å²) in [6, 6.07) is 0. The first-order valence-electron chi connectivity index (χ1n) is 43.5. The maximum Gasteiger partial charge on any atom is 0.472 e. The monoisotopic (exact) mass is 1510 g/mol. The molecule has 0 saturated carbocycles. The fraction of sp³-hybridized carbons (Fsp3) is 0.952. The largest absolute Gasteiger partial charge is 0.472 e. The summed E-state index contributed by atoms with van der Waals surface area (Å²) < 4.78 is 68.8. The highest BCUT2D eigenvalue weighted by Crippen LogP contribution is 2.45. The van der Waals surface area contributed by atoms with E-state index in [1.54, 1.807) is 0 Å². The first-order chi connectivity index (χ1) is 49.9. The lowest BCUT2D eigenvalue weighted by atomic mass is 10.0. The molecule has 17 nitrogen and oxygen atoms in total. The molecule has 0 heterocycles. The van der Waals surface area contributed by atoms with E-state index < -0.39 is 97.5 Å². The van der Waals surface area contributed by atoms with Crippen LogP contribution in [0.15, 0.2) is 0 Å². The predicted molar refractivity (Wildman–Crippen MR) is 423 cm³/mol. The number of ether oxygens (including phenoxy) is 4. The molecule has 0 amide bonds. The second-order valence-corrected chi connectivity index (χ2v) is 34.1. The average Bonchev–Trinajstić information content (AvgIpc) is 0.917. The van der Waals surface area contributed by atoms with Gasteiger partial charge in [-0.05, 0) is 37.5 Å². The zero-order valence-electron chi connectivity index (χ0n) is 67.6. The summed E-state index contributed by atoms with van der Waals surface area (Å²) in [5.74, 6) is -0.527. The lowest BCUT2D eigenvalue weighted by molar-refractivity contribution is -0.161. The van der Waals surface area contributed by atoms with Crippen molar-refractivity contribution in [2.45, 2.75) is 464 Å². The van der Waals surface area contributed by atoms with Gasteiger partial charge in [-0.2, -0.15) is 0 Å². The predicted octanol–water partition coefficient (Wildman–Crippen LogP) is 25.5. The number of phosphoric acid groups is 2. The number of carbonyl (C=O) groups is 4. The van der Waals surface area contributed by atoms with Gasteiger partial charge in [0.15, 0.2) is 12.2 Å². The van der Waals surface area contributed by atoms with Crippen LogP contribution in [0.2, 0.25) is 0 Å². The summed E-state index contributed by atoms with van der Waals surface area (Å²) >= 11 is 0. The number of esters is 4. The van der Waals surface area contributed by atoms with Gasteiger partial charge in [0.05, 0.1) is 26.4 Å². The number of rotatable bonds is 83. The molecule has 19 heteroatoms. The number of hydrogen-bond donors (Lipinski definition) is 3. The molecule has 2 unspecified atom stereocenters. The van der Waals surface area contributed by atoms with Crippen LogP contribution < -0.4 is 0 Å². The van der Waals surface area contributed by atoms with E-state index in [2.05, 4.69) is 41.5 Å². The maximum atomic E-state index is 13.1. The van der Waals surface area contributed by atoms with Gasteiger partial charge in [-0.25, -0.2) is 9.13 Å². The molecule has 0 bridgehead atoms. The Morgan fingerprint density at radius 2 is 0.447 bits per heavy atom. The van der Waals surface area contributed by atoms with Gasteiger partial charge in [-0.1, -0.05) is 395 Å². The van der Waals surface area contributed by atoms with E-state index in [1.807, 2.05) is 0 Å². The second-order valence-electron chi connectivity index (χ2n) is 31.2. The van der Waals surface area contributed by atoms with Crippen LogP contribution >= 0.6 is 15.6 Å². The van der Waals surface area contributed by atoms with Crippen LogP contribution in [0.4, 0.5) is 0 Å². The molecular formula is C84H164O17P2. The highest BCUT2D eigenvalue weighted by Gasteiger charge is 2.30. The molecule has 0 fully saturated rings. The van der Waals surface area contributed by atoms with Crippen LogP contribution in [0.1, 0.15) is 446 Å². The molecule has 0 aromatic rings. The van der Waals surface area contributed by atoms with Crippen molar-refractivity contribution in [1.29, 1.82) is 0 Å². The molecule has 0 spiro atoms. The van der Waals surface area contributed by atoms with E-state index in [0.717, 1.165) is 102 Å². The summed E-state index contributed by atoms with van der Waals surface area (Å²) in [7, 11) is -9.92. The molecule has 0 aliphatic rings. The lowest BCUT2D eigenvalue weighted by Crippen LogP contribution is -2.30. The third-order valence-corrected chi connectivity index (χ3v) is 21.6. The Labute approximate surface area is 632 Å². The normalized spacial score (nSPS) is 13.9. The van der Waals surface area contributed by atoms with Crippen LogP contribution in [0.5, 0.6) is 0 Å². The third-order valence-electron chi connectivity index (χ3n) is 19.7. The molecular weight excluding hydrogens is 1340 g/mol. The number of phosphoric ester groups is 2. The molecule has 103 heavy (non-hydrogen) atoms. The lowest BCUT2D eigenvalue weighted by Gasteiger charge is -2.21. The van der Waals surface area contributed by atoms with Crippen molar-refractivity contribution in [2.24, 2.45) is 11.8 Å². The van der Waals surface area contributed by atoms with Crippen molar-refractivity contribution in [3.05, 3.63) is 0 Å². The Bertz CT molecular complexity index is 1980. The zero-order chi connectivity index (χ0) is 75.6. The van der Waals surface area contributed by atoms with Gasteiger partial charge in [0.1, 0.15) is 19.3 Å². The summed E-state index contributed by atoms with van der Waals surface area (Å²) in [6.45, 7) is 9.69. The van der Waals surface area contributed by atoms with Crippen LogP contribution in [-0.4, -0.2) is 96.7 Å². The molecule has 0 radical (unpaired) electrons. The van der Waals surface area contributed by atoms with Crippen molar-refractivity contribution in [1.82, 2.24) is 0 Å². The Morgan fingerprint density at radius 3 is 0.660 bits per heavy atom. The molecule has 0 aromatic heterocycles. The molecule has 5 atom stereocenters. The summed E-state index contributed by atoms with van der Waals surface area (Å²) in [4.78, 5) is 73.2. The van der Waals surface area contributed by atoms with E-state index in [4.69, 9.17) is 37.0 Å². The van der Waals surface area contributed by atoms with Crippen molar-refractivity contribution in [3.8, 4) is 0 Å². The highest BCUT2D eigenvalue weighted by molar-refractivity contribution is 7.47. The number of unbranched alkanes of at least 4 members (excludes halogenated alkanes) is 53. The van der Waals surface area contributed by atoms with E-state index in [0.29, 0.717) is 25.7 Å². The first kappa shape index (κ1) is 101. The molecule has 0 rings (SSSR count). The summed E-state index contributed by atoms with van der Waals surface area (Å²) in [5.41, 5.74) is 0. The second kappa shape index (κ2) is 75.5. The van der Waals surface area contributed by atoms with Crippen LogP contribution in [-0.2, 0) is 65.4 Å². The molecule has 612 valence electrons. The van der Waals surface area contributed by atoms with Crippen molar-refractivity contribution in [2.75, 3.05) is 39.6 Å². The van der Waals surface area contributed by atoms with Crippen molar-refractivity contribution < 1.29 is 80.2 Å². The van der Waals surface area contributed by atoms with Gasteiger partial charge in [0.25, 0.3) is 0 Å². The van der Waals surface area contributed by atoms with Gasteiger partial charge >= 0.3 is 39.5 Å². The smallest absolute Gasteiger partial charge is 0.462 e. The number of aliphatic hydroxyl groups is 1. The average molecular weight is 1510 g/mol. The zero-order valence-corrected chi connectivity index (χ0v) is 69.4. The minimum absolute atomic E-state index is 0.107. The van der Waals surface area contributed by atoms with E-state index >= 15 is 0 Å². The topological polar surface area (TPSA) is 237 Å². The molecule has 0 saturated heterocycles. The molecule has 3 N–H and O–H groups in total. The number of hydrogen-bond acceptors (Lipinski definition) is 15. The van der Waals surface area contributed by atoms with Crippen LogP contribution in [0.25, 0.3) is 0 Å². The van der Waals surface area contributed by atoms with Gasteiger partial charge in [0, 0.05) is 25.7 Å². The van der Waals surface area contributed by atoms with Crippen LogP contribution in [0.3, 0.4) is 0 Å². The van der Waals surface area contributed by atoms with Gasteiger partial charge in [-0.3, -0.25) is 37.3 Å². The SMILES string of the molecule is CCCCCCCCCCCCCCCCCCCCCCC(=O)O[C@H](COC(=O)CCCCCCCCCCCCCCCCC(C)C)COP(=O)(O)OC[C@@H](O)COP(=O)(O)OC[C@@H](COC(=O)CCCCCCCCCCCCC)OC(=O)CCCCCCCCCCCCCCC(C)C. The van der Waals surface area contributed by atoms with Crippen molar-refractivity contribution in [3.63, 3.8) is 0 Å². The van der Waals surface area contributed by atoms with Crippen molar-refractivity contribution >= 4 is 39.5 Å². The fourth-order valence-electron chi connectivity index (χ4n) is 13.1. The summed E-state index contributed by atoms with van der Waals surface area (Å²) in [5, 5.41) is 10.7. The minimum Gasteiger partial charge on any atom is -0.462 e. The number of carbonyl (C=O) groups excluding carboxylic acids is 4. The Kier molecular flexibility index (Phi) is 74.1. The van der Waals surface area contributed by atoms with E-state index in [9.17, 15) is 43.2 Å². The molecule has 0 aliphatic carbocycles. The summed E-state index contributed by atoms with van der Waals surface area (Å²) in [6.07, 6.45) is 66.6. The standard InChI is InChI=1S/C84H164O17P2/c1-7-9-11-13-15-17-19-20-21-22-23-24-25-26-31-38-44-50-56-62-68-83(88)100-80(73-95-82(87)67-61-55-49-43-37-30-28-27-29-35-40-46-52-58-64-76(3)4)75-99-103(92,93)97-71-78(85)70-96-102(90,91)98-74-79(72-94-81(86)66-60-54-48-42-34-18-16-14-12-10-8-2)101-84(89)69-63-57-51-45-39-33-32-36-41-47-53-59-65-77(5)6/h76-80,85H,7-75H2,1-6H3,(H,90,91)(H,92,93)/t78-,79+,80+/m0/s1. The first-order valence-corrected chi connectivity index (χ1v) is 46.5. The number of aliphatic hydroxyl groups excluding tert-OH is 1. The van der Waals surface area contributed by atoms with Crippen LogP contribution in [0, 0.1) is 11.8 Å². The third kappa shape index (κ3) is 78.0. The molecule has 0 aromatic carbocycles. The minimum atomic E-state index is -4.96.